The lowest BCUT2D eigenvalue weighted by Gasteiger charge is -2.23. The quantitative estimate of drug-likeness (QED) is 0.876. The van der Waals surface area contributed by atoms with Crippen LogP contribution in [0.4, 0.5) is 5.69 Å². The summed E-state index contributed by atoms with van der Waals surface area (Å²) in [6, 6.07) is 8.46. The second-order valence-corrected chi connectivity index (χ2v) is 5.30. The summed E-state index contributed by atoms with van der Waals surface area (Å²) < 4.78 is 5.44. The molecule has 3 rings (SSSR count). The van der Waals surface area contributed by atoms with Gasteiger partial charge < -0.3 is 14.4 Å². The number of aliphatic hydroxyl groups excluding tert-OH is 1. The molecule has 1 atom stereocenters. The molecule has 106 valence electrons. The predicted molar refractivity (Wildman–Crippen MR) is 77.4 cm³/mol. The van der Waals surface area contributed by atoms with Crippen LogP contribution < -0.4 is 4.90 Å². The normalized spacial score (nSPS) is 16.1. The van der Waals surface area contributed by atoms with Gasteiger partial charge in [-0.15, -0.1) is 0 Å². The van der Waals surface area contributed by atoms with E-state index in [0.29, 0.717) is 12.5 Å². The SMILES string of the molecule is CC[C@@H](O)c1ccc(N(Cc2ccco2)C2CC2)cn1. The fraction of sp³-hybridized carbons (Fsp3) is 0.438. The van der Waals surface area contributed by atoms with Crippen LogP contribution >= 0.6 is 0 Å². The Morgan fingerprint density at radius 3 is 2.80 bits per heavy atom. The molecule has 0 bridgehead atoms. The van der Waals surface area contributed by atoms with E-state index in [9.17, 15) is 5.11 Å². The maximum absolute atomic E-state index is 9.80. The average Bonchev–Trinajstić information content (AvgIpc) is 3.21. The molecule has 4 heteroatoms. The Labute approximate surface area is 119 Å². The number of aromatic nitrogens is 1. The lowest BCUT2D eigenvalue weighted by Crippen LogP contribution is -2.25. The van der Waals surface area contributed by atoms with Crippen LogP contribution in [0.25, 0.3) is 0 Å². The molecule has 0 radical (unpaired) electrons. The van der Waals surface area contributed by atoms with Gasteiger partial charge in [-0.2, -0.15) is 0 Å². The third-order valence-corrected chi connectivity index (χ3v) is 3.72. The number of anilines is 1. The highest BCUT2D eigenvalue weighted by Gasteiger charge is 2.30. The molecule has 0 amide bonds. The summed E-state index contributed by atoms with van der Waals surface area (Å²) in [7, 11) is 0. The lowest BCUT2D eigenvalue weighted by atomic mass is 10.2. The molecule has 0 aliphatic heterocycles. The van der Waals surface area contributed by atoms with Crippen LogP contribution in [0.2, 0.25) is 0 Å². The first-order chi connectivity index (χ1) is 9.78. The Balaban J connectivity index is 1.77. The molecule has 1 aliphatic carbocycles. The van der Waals surface area contributed by atoms with E-state index in [2.05, 4.69) is 9.88 Å². The summed E-state index contributed by atoms with van der Waals surface area (Å²) >= 11 is 0. The maximum Gasteiger partial charge on any atom is 0.123 e. The van der Waals surface area contributed by atoms with E-state index >= 15 is 0 Å². The summed E-state index contributed by atoms with van der Waals surface area (Å²) in [5.74, 6) is 0.967. The minimum absolute atomic E-state index is 0.469. The highest BCUT2D eigenvalue weighted by molar-refractivity contribution is 5.47. The highest BCUT2D eigenvalue weighted by Crippen LogP contribution is 2.33. The molecule has 20 heavy (non-hydrogen) atoms. The molecular formula is C16H20N2O2. The fourth-order valence-corrected chi connectivity index (χ4v) is 2.36. The van der Waals surface area contributed by atoms with Gasteiger partial charge in [-0.05, 0) is 43.5 Å². The van der Waals surface area contributed by atoms with E-state index in [4.69, 9.17) is 4.42 Å². The number of aliphatic hydroxyl groups is 1. The van der Waals surface area contributed by atoms with Crippen LogP contribution in [0.3, 0.4) is 0 Å². The van der Waals surface area contributed by atoms with Gasteiger partial charge in [0.15, 0.2) is 0 Å². The zero-order valence-corrected chi connectivity index (χ0v) is 11.7. The zero-order chi connectivity index (χ0) is 13.9. The number of rotatable bonds is 6. The summed E-state index contributed by atoms with van der Waals surface area (Å²) in [6.07, 6.45) is 6.23. The number of pyridine rings is 1. The number of furan rings is 1. The second kappa shape index (κ2) is 5.67. The third kappa shape index (κ3) is 2.85. The molecule has 0 spiro atoms. The van der Waals surface area contributed by atoms with Gasteiger partial charge in [0.2, 0.25) is 0 Å². The van der Waals surface area contributed by atoms with Crippen molar-refractivity contribution in [3.63, 3.8) is 0 Å². The Hall–Kier alpha value is -1.81. The van der Waals surface area contributed by atoms with Crippen LogP contribution in [0, 0.1) is 0 Å². The van der Waals surface area contributed by atoms with Gasteiger partial charge in [-0.3, -0.25) is 4.98 Å². The Morgan fingerprint density at radius 1 is 1.40 bits per heavy atom. The fourth-order valence-electron chi connectivity index (χ4n) is 2.36. The van der Waals surface area contributed by atoms with Crippen molar-refractivity contribution in [3.05, 3.63) is 48.2 Å². The molecule has 2 aromatic rings. The van der Waals surface area contributed by atoms with E-state index in [-0.39, 0.29) is 0 Å². The predicted octanol–water partition coefficient (Wildman–Crippen LogP) is 3.29. The van der Waals surface area contributed by atoms with E-state index in [1.165, 1.54) is 12.8 Å². The van der Waals surface area contributed by atoms with Crippen LogP contribution in [0.15, 0.2) is 41.1 Å². The molecule has 0 unspecified atom stereocenters. The van der Waals surface area contributed by atoms with Crippen molar-refractivity contribution >= 4 is 5.69 Å². The summed E-state index contributed by atoms with van der Waals surface area (Å²) in [5, 5.41) is 9.80. The van der Waals surface area contributed by atoms with Crippen LogP contribution in [0.1, 0.15) is 43.7 Å². The largest absolute Gasteiger partial charge is 0.467 e. The molecule has 2 aromatic heterocycles. The van der Waals surface area contributed by atoms with E-state index in [0.717, 1.165) is 23.7 Å². The van der Waals surface area contributed by atoms with Crippen molar-refractivity contribution in [2.24, 2.45) is 0 Å². The average molecular weight is 272 g/mol. The van der Waals surface area contributed by atoms with Gasteiger partial charge in [-0.25, -0.2) is 0 Å². The number of hydrogen-bond donors (Lipinski definition) is 1. The summed E-state index contributed by atoms with van der Waals surface area (Å²) in [6.45, 7) is 2.72. The Bertz CT molecular complexity index is 532. The lowest BCUT2D eigenvalue weighted by molar-refractivity contribution is 0.169. The summed E-state index contributed by atoms with van der Waals surface area (Å²) in [5.41, 5.74) is 1.83. The Kier molecular flexibility index (Phi) is 3.74. The van der Waals surface area contributed by atoms with Crippen molar-refractivity contribution in [2.75, 3.05) is 4.90 Å². The molecule has 1 fully saturated rings. The smallest absolute Gasteiger partial charge is 0.123 e. The van der Waals surface area contributed by atoms with Gasteiger partial charge in [0.05, 0.1) is 36.5 Å². The number of nitrogens with zero attached hydrogens (tertiary/aromatic N) is 2. The van der Waals surface area contributed by atoms with Gasteiger partial charge in [0, 0.05) is 6.04 Å². The minimum Gasteiger partial charge on any atom is -0.467 e. The zero-order valence-electron chi connectivity index (χ0n) is 11.7. The van der Waals surface area contributed by atoms with Gasteiger partial charge >= 0.3 is 0 Å². The maximum atomic E-state index is 9.80. The van der Waals surface area contributed by atoms with Crippen molar-refractivity contribution < 1.29 is 9.52 Å². The first-order valence-corrected chi connectivity index (χ1v) is 7.21. The van der Waals surface area contributed by atoms with Crippen molar-refractivity contribution in [2.45, 2.75) is 44.9 Å². The number of hydrogen-bond acceptors (Lipinski definition) is 4. The minimum atomic E-state index is -0.469. The van der Waals surface area contributed by atoms with E-state index in [1.54, 1.807) is 6.26 Å². The standard InChI is InChI=1S/C16H20N2O2/c1-2-16(19)15-8-7-13(10-17-15)18(12-5-6-12)11-14-4-3-9-20-14/h3-4,7-10,12,16,19H,2,5-6,11H2,1H3/t16-/m1/s1. The Morgan fingerprint density at radius 2 is 2.25 bits per heavy atom. The highest BCUT2D eigenvalue weighted by atomic mass is 16.3. The van der Waals surface area contributed by atoms with Crippen molar-refractivity contribution in [3.8, 4) is 0 Å². The second-order valence-electron chi connectivity index (χ2n) is 5.30. The summed E-state index contributed by atoms with van der Waals surface area (Å²) in [4.78, 5) is 6.71. The first-order valence-electron chi connectivity index (χ1n) is 7.21. The monoisotopic (exact) mass is 272 g/mol. The van der Waals surface area contributed by atoms with E-state index in [1.807, 2.05) is 37.4 Å². The van der Waals surface area contributed by atoms with Crippen LogP contribution in [0.5, 0.6) is 0 Å². The van der Waals surface area contributed by atoms with Gasteiger partial charge in [0.25, 0.3) is 0 Å². The van der Waals surface area contributed by atoms with Crippen molar-refractivity contribution in [1.82, 2.24) is 4.98 Å². The van der Waals surface area contributed by atoms with Gasteiger partial charge in [0.1, 0.15) is 5.76 Å². The van der Waals surface area contributed by atoms with Crippen molar-refractivity contribution in [1.29, 1.82) is 0 Å². The first kappa shape index (κ1) is 13.2. The molecule has 1 N–H and O–H groups in total. The van der Waals surface area contributed by atoms with Crippen LogP contribution in [-0.2, 0) is 6.54 Å². The van der Waals surface area contributed by atoms with E-state index < -0.39 is 6.10 Å². The molecular weight excluding hydrogens is 252 g/mol. The molecule has 1 aliphatic rings. The van der Waals surface area contributed by atoms with Crippen LogP contribution in [-0.4, -0.2) is 16.1 Å². The third-order valence-electron chi connectivity index (χ3n) is 3.72. The molecule has 2 heterocycles. The molecule has 4 nitrogen and oxygen atoms in total. The topological polar surface area (TPSA) is 49.5 Å². The molecule has 0 saturated heterocycles. The molecule has 1 saturated carbocycles. The molecule has 0 aromatic carbocycles. The van der Waals surface area contributed by atoms with Gasteiger partial charge in [-0.1, -0.05) is 6.92 Å².